The van der Waals surface area contributed by atoms with Gasteiger partial charge in [-0.05, 0) is 40.7 Å². The van der Waals surface area contributed by atoms with Crippen LogP contribution in [-0.2, 0) is 4.74 Å². The molecule has 1 amide bonds. The third kappa shape index (κ3) is 4.94. The van der Waals surface area contributed by atoms with E-state index in [0.29, 0.717) is 6.04 Å². The Morgan fingerprint density at radius 3 is 2.41 bits per heavy atom. The minimum atomic E-state index is -0.409. The first-order valence-corrected chi connectivity index (χ1v) is 6.58. The minimum Gasteiger partial charge on any atom is -0.444 e. The Labute approximate surface area is 105 Å². The molecule has 17 heavy (non-hydrogen) atoms. The summed E-state index contributed by atoms with van der Waals surface area (Å²) in [7, 11) is 1.90. The van der Waals surface area contributed by atoms with Gasteiger partial charge >= 0.3 is 6.09 Å². The van der Waals surface area contributed by atoms with E-state index in [1.807, 2.05) is 32.7 Å². The Kier molecular flexibility index (Phi) is 5.25. The van der Waals surface area contributed by atoms with Crippen LogP contribution in [0.3, 0.4) is 0 Å². The second kappa shape index (κ2) is 6.24. The molecule has 0 saturated heterocycles. The van der Waals surface area contributed by atoms with Crippen LogP contribution in [0.5, 0.6) is 0 Å². The van der Waals surface area contributed by atoms with Gasteiger partial charge < -0.3 is 15.0 Å². The molecule has 0 aromatic carbocycles. The summed E-state index contributed by atoms with van der Waals surface area (Å²) in [6.07, 6.45) is 4.51. The Bertz CT molecular complexity index is 242. The van der Waals surface area contributed by atoms with Crippen LogP contribution in [0.2, 0.25) is 0 Å². The molecule has 0 spiro atoms. The fourth-order valence-corrected chi connectivity index (χ4v) is 2.19. The van der Waals surface area contributed by atoms with Crippen molar-refractivity contribution >= 4 is 6.09 Å². The Morgan fingerprint density at radius 1 is 1.35 bits per heavy atom. The van der Waals surface area contributed by atoms with Crippen LogP contribution in [0.25, 0.3) is 0 Å². The van der Waals surface area contributed by atoms with E-state index in [0.717, 1.165) is 25.9 Å². The van der Waals surface area contributed by atoms with Gasteiger partial charge in [0.25, 0.3) is 0 Å². The van der Waals surface area contributed by atoms with Crippen molar-refractivity contribution < 1.29 is 9.53 Å². The van der Waals surface area contributed by atoms with Crippen molar-refractivity contribution in [1.82, 2.24) is 10.2 Å². The highest BCUT2D eigenvalue weighted by atomic mass is 16.6. The number of carbonyl (C=O) groups excluding carboxylic acids is 1. The summed E-state index contributed by atoms with van der Waals surface area (Å²) in [4.78, 5) is 14.0. The van der Waals surface area contributed by atoms with Gasteiger partial charge in [0.15, 0.2) is 0 Å². The molecule has 1 aliphatic carbocycles. The lowest BCUT2D eigenvalue weighted by molar-refractivity contribution is 0.0169. The first-order chi connectivity index (χ1) is 7.94. The Morgan fingerprint density at radius 2 is 1.94 bits per heavy atom. The first kappa shape index (κ1) is 14.3. The molecule has 0 bridgehead atoms. The number of nitrogens with one attached hydrogen (secondary N) is 1. The number of hydrogen-bond acceptors (Lipinski definition) is 3. The molecule has 0 atom stereocenters. The van der Waals surface area contributed by atoms with Gasteiger partial charge in [0.05, 0.1) is 0 Å². The van der Waals surface area contributed by atoms with E-state index in [1.165, 1.54) is 12.8 Å². The summed E-state index contributed by atoms with van der Waals surface area (Å²) in [5, 5.41) is 3.09. The molecule has 0 aromatic heterocycles. The van der Waals surface area contributed by atoms with Gasteiger partial charge in [0, 0.05) is 19.1 Å². The third-order valence-electron chi connectivity index (χ3n) is 3.00. The molecular weight excluding hydrogens is 216 g/mol. The van der Waals surface area contributed by atoms with Crippen molar-refractivity contribution in [3.63, 3.8) is 0 Å². The molecule has 0 heterocycles. The molecule has 1 fully saturated rings. The highest BCUT2D eigenvalue weighted by molar-refractivity contribution is 5.68. The lowest BCUT2D eigenvalue weighted by atomic mass is 10.2. The lowest BCUT2D eigenvalue weighted by Crippen LogP contribution is -2.45. The predicted molar refractivity (Wildman–Crippen MR) is 69.1 cm³/mol. The number of ether oxygens (including phenoxy) is 1. The fraction of sp³-hybridized carbons (Fsp3) is 0.923. The predicted octanol–water partition coefficient (Wildman–Crippen LogP) is 2.39. The number of hydrogen-bond donors (Lipinski definition) is 1. The molecule has 0 aliphatic heterocycles. The Balaban J connectivity index is 2.57. The third-order valence-corrected chi connectivity index (χ3v) is 3.00. The number of carbonyl (C=O) groups is 1. The molecule has 4 nitrogen and oxygen atoms in total. The molecule has 1 saturated carbocycles. The summed E-state index contributed by atoms with van der Waals surface area (Å²) >= 11 is 0. The molecular formula is C13H26N2O2. The van der Waals surface area contributed by atoms with Crippen molar-refractivity contribution in [2.45, 2.75) is 58.1 Å². The highest BCUT2D eigenvalue weighted by Crippen LogP contribution is 2.24. The van der Waals surface area contributed by atoms with Crippen molar-refractivity contribution in [3.8, 4) is 0 Å². The number of rotatable bonds is 4. The standard InChI is InChI=1S/C13H26N2O2/c1-13(2,3)17-12(16)15(10-9-14-4)11-7-5-6-8-11/h11,14H,5-10H2,1-4H3. The molecule has 4 heteroatoms. The van der Waals surface area contributed by atoms with Gasteiger partial charge in [0.2, 0.25) is 0 Å². The number of amides is 1. The molecule has 1 rings (SSSR count). The van der Waals surface area contributed by atoms with Crippen molar-refractivity contribution in [3.05, 3.63) is 0 Å². The van der Waals surface area contributed by atoms with E-state index in [2.05, 4.69) is 5.32 Å². The first-order valence-electron chi connectivity index (χ1n) is 6.58. The van der Waals surface area contributed by atoms with E-state index in [4.69, 9.17) is 4.74 Å². The molecule has 1 aliphatic rings. The monoisotopic (exact) mass is 242 g/mol. The van der Waals surface area contributed by atoms with Crippen LogP contribution >= 0.6 is 0 Å². The summed E-state index contributed by atoms with van der Waals surface area (Å²) < 4.78 is 5.47. The van der Waals surface area contributed by atoms with Crippen molar-refractivity contribution in [1.29, 1.82) is 0 Å². The lowest BCUT2D eigenvalue weighted by Gasteiger charge is -2.31. The zero-order valence-electron chi connectivity index (χ0n) is 11.6. The fourth-order valence-electron chi connectivity index (χ4n) is 2.19. The summed E-state index contributed by atoms with van der Waals surface area (Å²) in [6, 6.07) is 0.373. The zero-order chi connectivity index (χ0) is 12.9. The maximum absolute atomic E-state index is 12.1. The smallest absolute Gasteiger partial charge is 0.410 e. The molecule has 100 valence electrons. The van der Waals surface area contributed by atoms with Crippen LogP contribution in [0.1, 0.15) is 46.5 Å². The average molecular weight is 242 g/mol. The van der Waals surface area contributed by atoms with E-state index in [-0.39, 0.29) is 6.09 Å². The number of nitrogens with zero attached hydrogens (tertiary/aromatic N) is 1. The van der Waals surface area contributed by atoms with Crippen LogP contribution < -0.4 is 5.32 Å². The molecule has 1 N–H and O–H groups in total. The van der Waals surface area contributed by atoms with Gasteiger partial charge in [-0.3, -0.25) is 0 Å². The second-order valence-electron chi connectivity index (χ2n) is 5.72. The highest BCUT2D eigenvalue weighted by Gasteiger charge is 2.29. The average Bonchev–Trinajstić information content (AvgIpc) is 2.68. The van der Waals surface area contributed by atoms with Crippen molar-refractivity contribution in [2.75, 3.05) is 20.1 Å². The topological polar surface area (TPSA) is 41.6 Å². The Hall–Kier alpha value is -0.770. The summed E-state index contributed by atoms with van der Waals surface area (Å²) in [5.41, 5.74) is -0.409. The van der Waals surface area contributed by atoms with E-state index in [1.54, 1.807) is 0 Å². The quantitative estimate of drug-likeness (QED) is 0.823. The largest absolute Gasteiger partial charge is 0.444 e. The maximum atomic E-state index is 12.1. The second-order valence-corrected chi connectivity index (χ2v) is 5.72. The SMILES string of the molecule is CNCCN(C(=O)OC(C)(C)C)C1CCCC1. The molecule has 0 unspecified atom stereocenters. The minimum absolute atomic E-state index is 0.167. The van der Waals surface area contributed by atoms with Gasteiger partial charge in [-0.2, -0.15) is 0 Å². The van der Waals surface area contributed by atoms with Gasteiger partial charge in [-0.1, -0.05) is 12.8 Å². The summed E-state index contributed by atoms with van der Waals surface area (Å²) in [5.74, 6) is 0. The molecule has 0 aromatic rings. The van der Waals surface area contributed by atoms with Crippen LogP contribution in [0, 0.1) is 0 Å². The van der Waals surface area contributed by atoms with Crippen molar-refractivity contribution in [2.24, 2.45) is 0 Å². The molecule has 0 radical (unpaired) electrons. The number of likely N-dealkylation sites (N-methyl/N-ethyl adjacent to an activating group) is 1. The van der Waals surface area contributed by atoms with Gasteiger partial charge in [0.1, 0.15) is 5.60 Å². The van der Waals surface area contributed by atoms with E-state index >= 15 is 0 Å². The van der Waals surface area contributed by atoms with Gasteiger partial charge in [-0.25, -0.2) is 4.79 Å². The maximum Gasteiger partial charge on any atom is 0.410 e. The van der Waals surface area contributed by atoms with E-state index in [9.17, 15) is 4.79 Å². The van der Waals surface area contributed by atoms with Crippen LogP contribution in [-0.4, -0.2) is 42.8 Å². The van der Waals surface area contributed by atoms with Crippen LogP contribution in [0.4, 0.5) is 4.79 Å². The normalized spacial score (nSPS) is 17.2. The van der Waals surface area contributed by atoms with Gasteiger partial charge in [-0.15, -0.1) is 0 Å². The zero-order valence-corrected chi connectivity index (χ0v) is 11.6. The van der Waals surface area contributed by atoms with Crippen LogP contribution in [0.15, 0.2) is 0 Å². The summed E-state index contributed by atoms with van der Waals surface area (Å²) in [6.45, 7) is 7.28. The van der Waals surface area contributed by atoms with E-state index < -0.39 is 5.60 Å².